The Morgan fingerprint density at radius 1 is 1.29 bits per heavy atom. The molecule has 0 aliphatic carbocycles. The summed E-state index contributed by atoms with van der Waals surface area (Å²) in [4.78, 5) is 12.7. The molecule has 0 bridgehead atoms. The highest BCUT2D eigenvalue weighted by Crippen LogP contribution is 2.34. The number of amides is 1. The van der Waals surface area contributed by atoms with Gasteiger partial charge in [-0.05, 0) is 25.3 Å². The summed E-state index contributed by atoms with van der Waals surface area (Å²) in [5, 5.41) is 3.19. The third-order valence-corrected chi connectivity index (χ3v) is 4.50. The monoisotopic (exact) mass is 290 g/mol. The fraction of sp³-hybridized carbons (Fsp3) is 0.562. The number of hydrogen-bond donors (Lipinski definition) is 2. The van der Waals surface area contributed by atoms with Gasteiger partial charge in [0.25, 0.3) is 0 Å². The van der Waals surface area contributed by atoms with Crippen LogP contribution in [0.3, 0.4) is 0 Å². The fourth-order valence-electron chi connectivity index (χ4n) is 3.11. The zero-order chi connectivity index (χ0) is 14.7. The van der Waals surface area contributed by atoms with Gasteiger partial charge in [0.2, 0.25) is 5.91 Å². The van der Waals surface area contributed by atoms with Crippen LogP contribution < -0.4 is 15.8 Å². The average Bonchev–Trinajstić information content (AvgIpc) is 2.55. The van der Waals surface area contributed by atoms with E-state index in [1.165, 1.54) is 0 Å². The summed E-state index contributed by atoms with van der Waals surface area (Å²) in [5.74, 6) is 0.719. The zero-order valence-electron chi connectivity index (χ0n) is 12.1. The molecular weight excluding hydrogens is 268 g/mol. The molecule has 1 saturated heterocycles. The SMILES string of the molecule is NCC1(NC(=O)C2CCOc3ccccc32)CCOCC1. The van der Waals surface area contributed by atoms with Gasteiger partial charge in [-0.2, -0.15) is 0 Å². The Bertz CT molecular complexity index is 512. The lowest BCUT2D eigenvalue weighted by atomic mass is 9.87. The zero-order valence-corrected chi connectivity index (χ0v) is 12.1. The molecule has 0 radical (unpaired) electrons. The maximum atomic E-state index is 12.7. The van der Waals surface area contributed by atoms with Crippen molar-refractivity contribution in [2.45, 2.75) is 30.7 Å². The fourth-order valence-corrected chi connectivity index (χ4v) is 3.11. The van der Waals surface area contributed by atoms with Gasteiger partial charge in [-0.15, -0.1) is 0 Å². The van der Waals surface area contributed by atoms with Crippen molar-refractivity contribution in [3.8, 4) is 5.75 Å². The number of hydrogen-bond acceptors (Lipinski definition) is 4. The molecule has 1 fully saturated rings. The molecule has 1 unspecified atom stereocenters. The van der Waals surface area contributed by atoms with Gasteiger partial charge in [-0.1, -0.05) is 18.2 Å². The standard InChI is InChI=1S/C16H22N2O3/c17-11-16(6-9-20-10-7-16)18-15(19)13-5-8-21-14-4-2-1-3-12(13)14/h1-4,13H,5-11,17H2,(H,18,19). The van der Waals surface area contributed by atoms with Gasteiger partial charge in [0.15, 0.2) is 0 Å². The van der Waals surface area contributed by atoms with Crippen molar-refractivity contribution in [2.75, 3.05) is 26.4 Å². The van der Waals surface area contributed by atoms with E-state index in [-0.39, 0.29) is 17.4 Å². The van der Waals surface area contributed by atoms with Crippen LogP contribution in [0.1, 0.15) is 30.7 Å². The molecule has 0 saturated carbocycles. The highest BCUT2D eigenvalue weighted by atomic mass is 16.5. The summed E-state index contributed by atoms with van der Waals surface area (Å²) >= 11 is 0. The van der Waals surface area contributed by atoms with Crippen LogP contribution in [0.15, 0.2) is 24.3 Å². The van der Waals surface area contributed by atoms with E-state index in [0.717, 1.165) is 24.2 Å². The van der Waals surface area contributed by atoms with Crippen LogP contribution in [-0.2, 0) is 9.53 Å². The molecule has 1 aromatic rings. The summed E-state index contributed by atoms with van der Waals surface area (Å²) in [6, 6.07) is 7.76. The third kappa shape index (κ3) is 2.89. The van der Waals surface area contributed by atoms with E-state index >= 15 is 0 Å². The first-order valence-electron chi connectivity index (χ1n) is 7.56. The summed E-state index contributed by atoms with van der Waals surface area (Å²) in [7, 11) is 0. The minimum atomic E-state index is -0.317. The molecule has 5 heteroatoms. The lowest BCUT2D eigenvalue weighted by Gasteiger charge is -2.38. The van der Waals surface area contributed by atoms with Gasteiger partial charge in [-0.3, -0.25) is 4.79 Å². The molecule has 114 valence electrons. The first kappa shape index (κ1) is 14.4. The Balaban J connectivity index is 1.77. The molecular formula is C16H22N2O3. The smallest absolute Gasteiger partial charge is 0.228 e. The molecule has 21 heavy (non-hydrogen) atoms. The van der Waals surface area contributed by atoms with Crippen molar-refractivity contribution in [1.82, 2.24) is 5.32 Å². The van der Waals surface area contributed by atoms with Crippen molar-refractivity contribution in [2.24, 2.45) is 5.73 Å². The Morgan fingerprint density at radius 2 is 2.05 bits per heavy atom. The van der Waals surface area contributed by atoms with E-state index in [9.17, 15) is 4.79 Å². The molecule has 2 heterocycles. The van der Waals surface area contributed by atoms with Gasteiger partial charge in [0, 0.05) is 25.3 Å². The number of carbonyl (C=O) groups is 1. The van der Waals surface area contributed by atoms with Gasteiger partial charge >= 0.3 is 0 Å². The second kappa shape index (κ2) is 6.03. The molecule has 0 aromatic heterocycles. The van der Waals surface area contributed by atoms with Crippen molar-refractivity contribution in [3.05, 3.63) is 29.8 Å². The van der Waals surface area contributed by atoms with Crippen molar-refractivity contribution < 1.29 is 14.3 Å². The molecule has 1 atom stereocenters. The highest BCUT2D eigenvalue weighted by Gasteiger charge is 2.36. The van der Waals surface area contributed by atoms with Crippen LogP contribution in [0.4, 0.5) is 0 Å². The molecule has 3 N–H and O–H groups in total. The first-order valence-corrected chi connectivity index (χ1v) is 7.56. The normalized spacial score (nSPS) is 23.8. The summed E-state index contributed by atoms with van der Waals surface area (Å²) in [6.45, 7) is 2.34. The van der Waals surface area contributed by atoms with Crippen molar-refractivity contribution in [1.29, 1.82) is 0 Å². The van der Waals surface area contributed by atoms with E-state index in [1.807, 2.05) is 24.3 Å². The lowest BCUT2D eigenvalue weighted by molar-refractivity contribution is -0.126. The minimum Gasteiger partial charge on any atom is -0.493 e. The molecule has 1 amide bonds. The van der Waals surface area contributed by atoms with Gasteiger partial charge in [0.1, 0.15) is 5.75 Å². The largest absolute Gasteiger partial charge is 0.493 e. The van der Waals surface area contributed by atoms with Gasteiger partial charge < -0.3 is 20.5 Å². The van der Waals surface area contributed by atoms with E-state index in [1.54, 1.807) is 0 Å². The Hall–Kier alpha value is -1.59. The van der Waals surface area contributed by atoms with E-state index in [2.05, 4.69) is 5.32 Å². The molecule has 0 spiro atoms. The maximum Gasteiger partial charge on any atom is 0.228 e. The highest BCUT2D eigenvalue weighted by molar-refractivity contribution is 5.85. The van der Waals surface area contributed by atoms with Crippen LogP contribution in [-0.4, -0.2) is 37.8 Å². The minimum absolute atomic E-state index is 0.0538. The number of para-hydroxylation sites is 1. The second-order valence-electron chi connectivity index (χ2n) is 5.81. The Kier molecular flexibility index (Phi) is 4.12. The number of rotatable bonds is 3. The van der Waals surface area contributed by atoms with Crippen LogP contribution in [0.5, 0.6) is 5.75 Å². The number of nitrogens with two attached hydrogens (primary N) is 1. The molecule has 5 nitrogen and oxygen atoms in total. The quantitative estimate of drug-likeness (QED) is 0.876. The topological polar surface area (TPSA) is 73.6 Å². The van der Waals surface area contributed by atoms with E-state index in [0.29, 0.717) is 32.8 Å². The predicted octanol–water partition coefficient (Wildman–Crippen LogP) is 1.18. The van der Waals surface area contributed by atoms with Gasteiger partial charge in [-0.25, -0.2) is 0 Å². The second-order valence-corrected chi connectivity index (χ2v) is 5.81. The molecule has 1 aromatic carbocycles. The average molecular weight is 290 g/mol. The molecule has 2 aliphatic heterocycles. The van der Waals surface area contributed by atoms with E-state index < -0.39 is 0 Å². The van der Waals surface area contributed by atoms with Crippen molar-refractivity contribution >= 4 is 5.91 Å². The van der Waals surface area contributed by atoms with Crippen LogP contribution in [0.2, 0.25) is 0 Å². The third-order valence-electron chi connectivity index (χ3n) is 4.50. The number of fused-ring (bicyclic) bond motifs is 1. The summed E-state index contributed by atoms with van der Waals surface area (Å²) < 4.78 is 11.0. The number of carbonyl (C=O) groups excluding carboxylic acids is 1. The Labute approximate surface area is 124 Å². The van der Waals surface area contributed by atoms with Gasteiger partial charge in [0.05, 0.1) is 18.1 Å². The van der Waals surface area contributed by atoms with E-state index in [4.69, 9.17) is 15.2 Å². The lowest BCUT2D eigenvalue weighted by Crippen LogP contribution is -2.57. The Morgan fingerprint density at radius 3 is 2.81 bits per heavy atom. The summed E-state index contributed by atoms with van der Waals surface area (Å²) in [6.07, 6.45) is 2.26. The van der Waals surface area contributed by atoms with Crippen LogP contribution in [0.25, 0.3) is 0 Å². The van der Waals surface area contributed by atoms with Crippen LogP contribution in [0, 0.1) is 0 Å². The maximum absolute atomic E-state index is 12.7. The number of benzene rings is 1. The van der Waals surface area contributed by atoms with Crippen molar-refractivity contribution in [3.63, 3.8) is 0 Å². The summed E-state index contributed by atoms with van der Waals surface area (Å²) in [5.41, 5.74) is 6.57. The first-order chi connectivity index (χ1) is 10.2. The van der Waals surface area contributed by atoms with Crippen LogP contribution >= 0.6 is 0 Å². The number of nitrogens with one attached hydrogen (secondary N) is 1. The molecule has 2 aliphatic rings. The molecule has 3 rings (SSSR count). The predicted molar refractivity (Wildman–Crippen MR) is 79.3 cm³/mol. The number of ether oxygens (including phenoxy) is 2.